The second-order valence-corrected chi connectivity index (χ2v) is 6.36. The molecule has 1 aliphatic heterocycles. The number of hydrogen-bond acceptors (Lipinski definition) is 3. The minimum atomic E-state index is -0.502. The lowest BCUT2D eigenvalue weighted by molar-refractivity contribution is 0.0949. The van der Waals surface area contributed by atoms with Crippen LogP contribution in [0.4, 0.5) is 8.78 Å². The van der Waals surface area contributed by atoms with Crippen LogP contribution in [0.5, 0.6) is 0 Å². The van der Waals surface area contributed by atoms with Gasteiger partial charge in [0.2, 0.25) is 0 Å². The fourth-order valence-corrected chi connectivity index (χ4v) is 3.59. The molecule has 0 aliphatic carbocycles. The Morgan fingerprint density at radius 2 is 2.19 bits per heavy atom. The lowest BCUT2D eigenvalue weighted by atomic mass is 10.00. The van der Waals surface area contributed by atoms with Crippen molar-refractivity contribution >= 4 is 27.3 Å². The fourth-order valence-electron chi connectivity index (χ4n) is 2.59. The number of rotatable bonds is 3. The van der Waals surface area contributed by atoms with Crippen LogP contribution >= 0.6 is 11.3 Å². The molecule has 21 heavy (non-hydrogen) atoms. The molecule has 0 unspecified atom stereocenters. The largest absolute Gasteiger partial charge is 0.351 e. The van der Waals surface area contributed by atoms with Crippen LogP contribution in [-0.2, 0) is 0 Å². The molecule has 1 aromatic carbocycles. The third-order valence-electron chi connectivity index (χ3n) is 3.76. The van der Waals surface area contributed by atoms with Crippen molar-refractivity contribution in [1.29, 1.82) is 0 Å². The summed E-state index contributed by atoms with van der Waals surface area (Å²) in [5, 5.41) is 6.31. The number of hydrogen-bond donors (Lipinski definition) is 2. The van der Waals surface area contributed by atoms with Crippen LogP contribution in [0.15, 0.2) is 18.2 Å². The lowest BCUT2D eigenvalue weighted by Gasteiger charge is -2.22. The summed E-state index contributed by atoms with van der Waals surface area (Å²) in [6.45, 7) is 2.51. The van der Waals surface area contributed by atoms with Crippen LogP contribution in [0.3, 0.4) is 0 Å². The number of halogens is 2. The number of carbonyl (C=O) groups is 1. The standard InChI is InChI=1S/C15H16F2N2OS/c16-11-3-4-12(17)14-10(11)6-13(21-14)15(20)19-8-9-2-1-5-18-7-9/h3-4,6,9,18H,1-2,5,7-8H2,(H,19,20)/t9-/m1/s1. The monoisotopic (exact) mass is 310 g/mol. The van der Waals surface area contributed by atoms with E-state index in [2.05, 4.69) is 10.6 Å². The highest BCUT2D eigenvalue weighted by Gasteiger charge is 2.17. The highest BCUT2D eigenvalue weighted by molar-refractivity contribution is 7.20. The third-order valence-corrected chi connectivity index (χ3v) is 4.90. The first-order valence-corrected chi connectivity index (χ1v) is 7.83. The summed E-state index contributed by atoms with van der Waals surface area (Å²) in [4.78, 5) is 12.5. The molecule has 3 rings (SSSR count). The Kier molecular flexibility index (Phi) is 4.17. The molecular weight excluding hydrogens is 294 g/mol. The SMILES string of the molecule is O=C(NC[C@@H]1CCCNC1)c1cc2c(F)ccc(F)c2s1. The predicted molar refractivity (Wildman–Crippen MR) is 79.7 cm³/mol. The molecule has 3 nitrogen and oxygen atoms in total. The van der Waals surface area contributed by atoms with Crippen LogP contribution in [0.1, 0.15) is 22.5 Å². The van der Waals surface area contributed by atoms with Crippen LogP contribution in [0, 0.1) is 17.6 Å². The molecule has 0 bridgehead atoms. The second kappa shape index (κ2) is 6.07. The third kappa shape index (κ3) is 3.06. The van der Waals surface area contributed by atoms with Crippen molar-refractivity contribution in [3.8, 4) is 0 Å². The van der Waals surface area contributed by atoms with E-state index in [9.17, 15) is 13.6 Å². The van der Waals surface area contributed by atoms with Crippen molar-refractivity contribution in [1.82, 2.24) is 10.6 Å². The molecule has 1 aromatic heterocycles. The Hall–Kier alpha value is -1.53. The van der Waals surface area contributed by atoms with Crippen molar-refractivity contribution < 1.29 is 13.6 Å². The topological polar surface area (TPSA) is 41.1 Å². The molecule has 1 atom stereocenters. The smallest absolute Gasteiger partial charge is 0.261 e. The van der Waals surface area contributed by atoms with Gasteiger partial charge in [0.15, 0.2) is 0 Å². The van der Waals surface area contributed by atoms with Crippen LogP contribution in [-0.4, -0.2) is 25.5 Å². The number of nitrogens with one attached hydrogen (secondary N) is 2. The zero-order valence-electron chi connectivity index (χ0n) is 11.4. The predicted octanol–water partition coefficient (Wildman–Crippen LogP) is 2.91. The maximum Gasteiger partial charge on any atom is 0.261 e. The molecule has 2 aromatic rings. The Bertz CT molecular complexity index is 626. The molecular formula is C15H16F2N2OS. The van der Waals surface area contributed by atoms with E-state index in [-0.39, 0.29) is 16.0 Å². The lowest BCUT2D eigenvalue weighted by Crippen LogP contribution is -2.37. The van der Waals surface area contributed by atoms with Gasteiger partial charge in [-0.1, -0.05) is 0 Å². The van der Waals surface area contributed by atoms with Crippen molar-refractivity contribution in [3.63, 3.8) is 0 Å². The first-order chi connectivity index (χ1) is 10.1. The van der Waals surface area contributed by atoms with Gasteiger partial charge in [-0.3, -0.25) is 4.79 Å². The number of carbonyl (C=O) groups excluding carboxylic acids is 1. The van der Waals surface area contributed by atoms with Gasteiger partial charge in [-0.2, -0.15) is 0 Å². The summed E-state index contributed by atoms with van der Waals surface area (Å²) in [6, 6.07) is 3.59. The van der Waals surface area contributed by atoms with Crippen LogP contribution in [0.25, 0.3) is 10.1 Å². The van der Waals surface area contributed by atoms with Gasteiger partial charge in [-0.15, -0.1) is 11.3 Å². The number of thiophene rings is 1. The molecule has 0 radical (unpaired) electrons. The fraction of sp³-hybridized carbons (Fsp3) is 0.400. The Balaban J connectivity index is 1.72. The summed E-state index contributed by atoms with van der Waals surface area (Å²) < 4.78 is 27.4. The van der Waals surface area contributed by atoms with Crippen molar-refractivity contribution in [3.05, 3.63) is 34.7 Å². The zero-order chi connectivity index (χ0) is 14.8. The molecule has 2 heterocycles. The Labute approximate surface area is 125 Å². The highest BCUT2D eigenvalue weighted by atomic mass is 32.1. The van der Waals surface area contributed by atoms with Gasteiger partial charge < -0.3 is 10.6 Å². The number of fused-ring (bicyclic) bond motifs is 1. The van der Waals surface area contributed by atoms with Crippen molar-refractivity contribution in [2.45, 2.75) is 12.8 Å². The molecule has 6 heteroatoms. The number of amides is 1. The van der Waals surface area contributed by atoms with Gasteiger partial charge >= 0.3 is 0 Å². The molecule has 1 fully saturated rings. The first-order valence-electron chi connectivity index (χ1n) is 7.01. The first kappa shape index (κ1) is 14.4. The summed E-state index contributed by atoms with van der Waals surface area (Å²) in [5.41, 5.74) is 0. The van der Waals surface area contributed by atoms with E-state index in [1.807, 2.05) is 0 Å². The van der Waals surface area contributed by atoms with Gasteiger partial charge in [0.25, 0.3) is 5.91 Å². The maximum absolute atomic E-state index is 13.6. The highest BCUT2D eigenvalue weighted by Crippen LogP contribution is 2.30. The minimum absolute atomic E-state index is 0.171. The van der Waals surface area contributed by atoms with Gasteiger partial charge in [-0.25, -0.2) is 8.78 Å². The van der Waals surface area contributed by atoms with E-state index in [1.165, 1.54) is 6.07 Å². The molecule has 112 valence electrons. The van der Waals surface area contributed by atoms with Crippen molar-refractivity contribution in [2.24, 2.45) is 5.92 Å². The Morgan fingerprint density at radius 1 is 1.38 bits per heavy atom. The quantitative estimate of drug-likeness (QED) is 0.915. The zero-order valence-corrected chi connectivity index (χ0v) is 12.2. The average Bonchev–Trinajstić information content (AvgIpc) is 2.96. The molecule has 1 aliphatic rings. The molecule has 0 spiro atoms. The van der Waals surface area contributed by atoms with Gasteiger partial charge in [0, 0.05) is 11.9 Å². The van der Waals surface area contributed by atoms with E-state index in [0.29, 0.717) is 17.3 Å². The summed E-state index contributed by atoms with van der Waals surface area (Å²) in [7, 11) is 0. The number of piperidine rings is 1. The number of benzene rings is 1. The second-order valence-electron chi connectivity index (χ2n) is 5.31. The summed E-state index contributed by atoms with van der Waals surface area (Å²) in [6.07, 6.45) is 2.20. The summed E-state index contributed by atoms with van der Waals surface area (Å²) in [5.74, 6) is -0.837. The van der Waals surface area contributed by atoms with Gasteiger partial charge in [0.1, 0.15) is 11.6 Å². The van der Waals surface area contributed by atoms with E-state index in [4.69, 9.17) is 0 Å². The van der Waals surface area contributed by atoms with Crippen LogP contribution in [0.2, 0.25) is 0 Å². The van der Waals surface area contributed by atoms with Gasteiger partial charge in [-0.05, 0) is 50.0 Å². The molecule has 0 saturated carbocycles. The maximum atomic E-state index is 13.6. The van der Waals surface area contributed by atoms with E-state index in [1.54, 1.807) is 0 Å². The van der Waals surface area contributed by atoms with Gasteiger partial charge in [0.05, 0.1) is 9.58 Å². The van der Waals surface area contributed by atoms with E-state index >= 15 is 0 Å². The molecule has 2 N–H and O–H groups in total. The van der Waals surface area contributed by atoms with Crippen molar-refractivity contribution in [2.75, 3.05) is 19.6 Å². The van der Waals surface area contributed by atoms with E-state index < -0.39 is 11.6 Å². The minimum Gasteiger partial charge on any atom is -0.351 e. The normalized spacial score (nSPS) is 18.9. The molecule has 1 saturated heterocycles. The Morgan fingerprint density at radius 3 is 2.90 bits per heavy atom. The van der Waals surface area contributed by atoms with E-state index in [0.717, 1.165) is 49.4 Å². The average molecular weight is 310 g/mol. The summed E-state index contributed by atoms with van der Waals surface area (Å²) >= 11 is 0.990. The molecule has 1 amide bonds. The van der Waals surface area contributed by atoms with Crippen LogP contribution < -0.4 is 10.6 Å².